The molecule has 0 amide bonds. The largest absolute Gasteiger partial charge is 0.458 e. The highest BCUT2D eigenvalue weighted by atomic mass is 16.6. The third kappa shape index (κ3) is 3.19. The van der Waals surface area contributed by atoms with Crippen molar-refractivity contribution in [2.45, 2.75) is 58.3 Å². The number of hydrogen-bond donors (Lipinski definition) is 1. The monoisotopic (exact) mass is 244 g/mol. The van der Waals surface area contributed by atoms with Crippen LogP contribution in [-0.2, 0) is 19.1 Å². The lowest BCUT2D eigenvalue weighted by Gasteiger charge is -2.44. The van der Waals surface area contributed by atoms with Crippen molar-refractivity contribution in [3.8, 4) is 0 Å². The first-order chi connectivity index (χ1) is 7.76. The molecule has 5 nitrogen and oxygen atoms in total. The summed E-state index contributed by atoms with van der Waals surface area (Å²) in [7, 11) is 0. The smallest absolute Gasteiger partial charge is 0.303 e. The quantitative estimate of drug-likeness (QED) is 0.734. The highest BCUT2D eigenvalue weighted by Gasteiger charge is 2.49. The van der Waals surface area contributed by atoms with Gasteiger partial charge in [0.05, 0.1) is 6.10 Å². The molecule has 0 spiro atoms. The van der Waals surface area contributed by atoms with Crippen LogP contribution in [0.1, 0.15) is 40.5 Å². The number of carbonyl (C=O) groups excluding carboxylic acids is 2. The number of aliphatic hydroxyl groups is 1. The van der Waals surface area contributed by atoms with Crippen molar-refractivity contribution in [2.24, 2.45) is 5.92 Å². The molecule has 1 saturated carbocycles. The predicted octanol–water partition coefficient (Wildman–Crippen LogP) is 1.03. The van der Waals surface area contributed by atoms with Gasteiger partial charge in [-0.3, -0.25) is 9.59 Å². The molecule has 0 aromatic heterocycles. The van der Waals surface area contributed by atoms with Crippen molar-refractivity contribution in [1.82, 2.24) is 0 Å². The van der Waals surface area contributed by atoms with Crippen molar-refractivity contribution in [1.29, 1.82) is 0 Å². The molecule has 0 heterocycles. The van der Waals surface area contributed by atoms with Crippen LogP contribution in [0.2, 0.25) is 0 Å². The molecule has 1 fully saturated rings. The summed E-state index contributed by atoms with van der Waals surface area (Å²) in [5.41, 5.74) is -0.851. The molecular formula is C12H20O5. The summed E-state index contributed by atoms with van der Waals surface area (Å²) in [6.45, 7) is 6.16. The molecule has 98 valence electrons. The number of ether oxygens (including phenoxy) is 2. The van der Waals surface area contributed by atoms with Crippen LogP contribution in [0.25, 0.3) is 0 Å². The van der Waals surface area contributed by atoms with E-state index in [4.69, 9.17) is 9.47 Å². The number of esters is 2. The van der Waals surface area contributed by atoms with E-state index >= 15 is 0 Å². The summed E-state index contributed by atoms with van der Waals surface area (Å²) in [5, 5.41) is 9.80. The first-order valence-electron chi connectivity index (χ1n) is 5.81. The Kier molecular flexibility index (Phi) is 4.14. The minimum atomic E-state index is -0.851. The molecule has 0 radical (unpaired) electrons. The van der Waals surface area contributed by atoms with Gasteiger partial charge in [-0.15, -0.1) is 0 Å². The van der Waals surface area contributed by atoms with Crippen LogP contribution in [0.4, 0.5) is 0 Å². The zero-order valence-corrected chi connectivity index (χ0v) is 10.7. The average Bonchev–Trinajstić information content (AvgIpc) is 2.18. The maximum atomic E-state index is 11.1. The van der Waals surface area contributed by atoms with Crippen molar-refractivity contribution in [3.63, 3.8) is 0 Å². The zero-order chi connectivity index (χ0) is 13.2. The summed E-state index contributed by atoms with van der Waals surface area (Å²) >= 11 is 0. The van der Waals surface area contributed by atoms with Crippen LogP contribution in [0, 0.1) is 5.92 Å². The average molecular weight is 244 g/mol. The molecule has 1 N–H and O–H groups in total. The van der Waals surface area contributed by atoms with E-state index in [9.17, 15) is 14.7 Å². The van der Waals surface area contributed by atoms with E-state index < -0.39 is 29.7 Å². The first kappa shape index (κ1) is 14.0. The highest BCUT2D eigenvalue weighted by Crippen LogP contribution is 2.37. The molecule has 1 aliphatic rings. The maximum Gasteiger partial charge on any atom is 0.303 e. The topological polar surface area (TPSA) is 72.8 Å². The fraction of sp³-hybridized carbons (Fsp3) is 0.833. The van der Waals surface area contributed by atoms with Gasteiger partial charge in [0.25, 0.3) is 0 Å². The number of hydrogen-bond acceptors (Lipinski definition) is 5. The van der Waals surface area contributed by atoms with Crippen molar-refractivity contribution in [3.05, 3.63) is 0 Å². The van der Waals surface area contributed by atoms with Gasteiger partial charge in [0, 0.05) is 19.8 Å². The Morgan fingerprint density at radius 3 is 2.35 bits per heavy atom. The van der Waals surface area contributed by atoms with E-state index in [-0.39, 0.29) is 5.92 Å². The lowest BCUT2D eigenvalue weighted by molar-refractivity contribution is -0.204. The normalized spacial score (nSPS) is 37.4. The van der Waals surface area contributed by atoms with Crippen LogP contribution in [-0.4, -0.2) is 34.9 Å². The van der Waals surface area contributed by atoms with E-state index in [1.54, 1.807) is 13.8 Å². The van der Waals surface area contributed by atoms with Gasteiger partial charge >= 0.3 is 11.9 Å². The van der Waals surface area contributed by atoms with Gasteiger partial charge in [-0.05, 0) is 19.8 Å². The lowest BCUT2D eigenvalue weighted by atomic mass is 9.75. The van der Waals surface area contributed by atoms with Gasteiger partial charge in [-0.2, -0.15) is 0 Å². The Morgan fingerprint density at radius 1 is 1.29 bits per heavy atom. The number of rotatable bonds is 2. The van der Waals surface area contributed by atoms with E-state index in [1.807, 2.05) is 0 Å². The van der Waals surface area contributed by atoms with Crippen LogP contribution in [0.3, 0.4) is 0 Å². The van der Waals surface area contributed by atoms with Gasteiger partial charge in [0.2, 0.25) is 0 Å². The summed E-state index contributed by atoms with van der Waals surface area (Å²) in [4.78, 5) is 22.2. The van der Waals surface area contributed by atoms with E-state index in [0.717, 1.165) is 0 Å². The second kappa shape index (κ2) is 5.04. The minimum absolute atomic E-state index is 0.253. The Labute approximate surface area is 101 Å². The summed E-state index contributed by atoms with van der Waals surface area (Å²) < 4.78 is 10.5. The second-order valence-electron chi connectivity index (χ2n) is 4.90. The molecule has 17 heavy (non-hydrogen) atoms. The number of carbonyl (C=O) groups is 2. The van der Waals surface area contributed by atoms with Gasteiger partial charge in [0.1, 0.15) is 11.7 Å². The third-order valence-corrected chi connectivity index (χ3v) is 3.29. The summed E-state index contributed by atoms with van der Waals surface area (Å²) in [5.74, 6) is -1.10. The standard InChI is InChI=1S/C12H20O5/c1-7-10(15)5-6-12(4,17-9(3)14)11(7)16-8(2)13/h7,10-11,15H,5-6H2,1-4H3/t7-,10?,11-,12+/m0/s1. The van der Waals surface area contributed by atoms with Gasteiger partial charge in [0.15, 0.2) is 0 Å². The van der Waals surface area contributed by atoms with Crippen LogP contribution < -0.4 is 0 Å². The molecule has 0 aliphatic heterocycles. The van der Waals surface area contributed by atoms with Crippen LogP contribution in [0.15, 0.2) is 0 Å². The van der Waals surface area contributed by atoms with Crippen molar-refractivity contribution < 1.29 is 24.2 Å². The molecule has 1 rings (SSSR count). The Hall–Kier alpha value is -1.10. The second-order valence-corrected chi connectivity index (χ2v) is 4.90. The maximum absolute atomic E-state index is 11.1. The zero-order valence-electron chi connectivity index (χ0n) is 10.7. The minimum Gasteiger partial charge on any atom is -0.458 e. The van der Waals surface area contributed by atoms with Crippen molar-refractivity contribution >= 4 is 11.9 Å². The third-order valence-electron chi connectivity index (χ3n) is 3.29. The molecule has 1 unspecified atom stereocenters. The molecule has 0 bridgehead atoms. The van der Waals surface area contributed by atoms with E-state index in [2.05, 4.69) is 0 Å². The molecule has 0 saturated heterocycles. The SMILES string of the molecule is CC(=O)O[C@H]1[C@@H](C)C(O)CC[C@@]1(C)OC(C)=O. The summed E-state index contributed by atoms with van der Waals surface area (Å²) in [6.07, 6.45) is -0.130. The Morgan fingerprint density at radius 2 is 1.88 bits per heavy atom. The molecule has 4 atom stereocenters. The van der Waals surface area contributed by atoms with Crippen LogP contribution in [0.5, 0.6) is 0 Å². The fourth-order valence-corrected chi connectivity index (χ4v) is 2.45. The van der Waals surface area contributed by atoms with Crippen LogP contribution >= 0.6 is 0 Å². The summed E-state index contributed by atoms with van der Waals surface area (Å²) in [6, 6.07) is 0. The Bertz CT molecular complexity index is 314. The fourth-order valence-electron chi connectivity index (χ4n) is 2.45. The molecular weight excluding hydrogens is 224 g/mol. The van der Waals surface area contributed by atoms with Crippen molar-refractivity contribution in [2.75, 3.05) is 0 Å². The predicted molar refractivity (Wildman–Crippen MR) is 60.1 cm³/mol. The Balaban J connectivity index is 2.92. The molecule has 1 aliphatic carbocycles. The van der Waals surface area contributed by atoms with E-state index in [1.165, 1.54) is 13.8 Å². The number of aliphatic hydroxyl groups excluding tert-OH is 1. The highest BCUT2D eigenvalue weighted by molar-refractivity contribution is 5.67. The van der Waals surface area contributed by atoms with Gasteiger partial charge in [-0.25, -0.2) is 0 Å². The molecule has 5 heteroatoms. The molecule has 0 aromatic carbocycles. The first-order valence-corrected chi connectivity index (χ1v) is 5.81. The van der Waals surface area contributed by atoms with Gasteiger partial charge in [-0.1, -0.05) is 6.92 Å². The van der Waals surface area contributed by atoms with E-state index in [0.29, 0.717) is 12.8 Å². The molecule has 0 aromatic rings. The van der Waals surface area contributed by atoms with Gasteiger partial charge < -0.3 is 14.6 Å². The lowest BCUT2D eigenvalue weighted by Crippen LogP contribution is -2.55.